The molecule has 1 aromatic carbocycles. The van der Waals surface area contributed by atoms with Gasteiger partial charge < -0.3 is 5.11 Å². The summed E-state index contributed by atoms with van der Waals surface area (Å²) >= 11 is 3.45. The molecule has 1 N–H and O–H groups in total. The van der Waals surface area contributed by atoms with Crippen LogP contribution in [0.15, 0.2) is 16.6 Å². The molecule has 0 fully saturated rings. The van der Waals surface area contributed by atoms with Gasteiger partial charge in [0.15, 0.2) is 0 Å². The van der Waals surface area contributed by atoms with E-state index < -0.39 is 0 Å². The van der Waals surface area contributed by atoms with Crippen molar-refractivity contribution in [3.63, 3.8) is 0 Å². The van der Waals surface area contributed by atoms with Gasteiger partial charge in [0, 0.05) is 4.47 Å². The van der Waals surface area contributed by atoms with Gasteiger partial charge >= 0.3 is 0 Å². The molecule has 1 nitrogen and oxygen atoms in total. The van der Waals surface area contributed by atoms with E-state index in [2.05, 4.69) is 15.9 Å². The fourth-order valence-electron chi connectivity index (χ4n) is 1.25. The second kappa shape index (κ2) is 3.58. The van der Waals surface area contributed by atoms with E-state index >= 15 is 0 Å². The first kappa shape index (κ1) is 9.75. The topological polar surface area (TPSA) is 20.2 Å². The lowest BCUT2D eigenvalue weighted by Gasteiger charge is -2.10. The lowest BCUT2D eigenvalue weighted by atomic mass is 10.0. The highest BCUT2D eigenvalue weighted by Gasteiger charge is 2.06. The lowest BCUT2D eigenvalue weighted by molar-refractivity contribution is 0.198. The van der Waals surface area contributed by atoms with Crippen LogP contribution in [0, 0.1) is 13.8 Å². The number of hydrogen-bond acceptors (Lipinski definition) is 1. The molecule has 1 atom stereocenters. The Morgan fingerprint density at radius 1 is 1.25 bits per heavy atom. The van der Waals surface area contributed by atoms with Gasteiger partial charge in [-0.25, -0.2) is 0 Å². The highest BCUT2D eigenvalue weighted by atomic mass is 79.9. The maximum absolute atomic E-state index is 9.40. The third-order valence-corrected chi connectivity index (χ3v) is 2.85. The molecular weight excluding hydrogens is 216 g/mol. The van der Waals surface area contributed by atoms with Crippen molar-refractivity contribution in [3.05, 3.63) is 33.3 Å². The summed E-state index contributed by atoms with van der Waals surface area (Å²) in [6, 6.07) is 4.06. The van der Waals surface area contributed by atoms with Gasteiger partial charge in [-0.15, -0.1) is 0 Å². The first-order valence-electron chi connectivity index (χ1n) is 3.97. The van der Waals surface area contributed by atoms with Crippen LogP contribution in [0.5, 0.6) is 0 Å². The molecule has 0 aromatic heterocycles. The van der Waals surface area contributed by atoms with Gasteiger partial charge in [0.25, 0.3) is 0 Å². The predicted molar refractivity (Wildman–Crippen MR) is 54.2 cm³/mol. The summed E-state index contributed by atoms with van der Waals surface area (Å²) in [5, 5.41) is 9.40. The van der Waals surface area contributed by atoms with Crippen molar-refractivity contribution in [1.82, 2.24) is 0 Å². The van der Waals surface area contributed by atoms with Crippen LogP contribution < -0.4 is 0 Å². The van der Waals surface area contributed by atoms with E-state index in [9.17, 15) is 5.11 Å². The van der Waals surface area contributed by atoms with E-state index in [0.29, 0.717) is 0 Å². The quantitative estimate of drug-likeness (QED) is 0.784. The Bertz CT molecular complexity index is 292. The minimum Gasteiger partial charge on any atom is -0.389 e. The van der Waals surface area contributed by atoms with E-state index in [1.807, 2.05) is 26.0 Å². The summed E-state index contributed by atoms with van der Waals surface area (Å²) in [6.45, 7) is 5.82. The monoisotopic (exact) mass is 228 g/mol. The fourth-order valence-corrected chi connectivity index (χ4v) is 1.71. The Kier molecular flexibility index (Phi) is 2.91. The summed E-state index contributed by atoms with van der Waals surface area (Å²) in [5.74, 6) is 0. The summed E-state index contributed by atoms with van der Waals surface area (Å²) in [4.78, 5) is 0. The van der Waals surface area contributed by atoms with E-state index in [1.165, 1.54) is 0 Å². The molecule has 2 heteroatoms. The van der Waals surface area contributed by atoms with Gasteiger partial charge in [0.2, 0.25) is 0 Å². The molecule has 0 aliphatic rings. The smallest absolute Gasteiger partial charge is 0.0764 e. The Morgan fingerprint density at radius 3 is 2.33 bits per heavy atom. The number of hydrogen-bond donors (Lipinski definition) is 1. The summed E-state index contributed by atoms with van der Waals surface area (Å²) in [7, 11) is 0. The molecule has 0 saturated carbocycles. The highest BCUT2D eigenvalue weighted by molar-refractivity contribution is 9.10. The molecule has 0 bridgehead atoms. The van der Waals surface area contributed by atoms with Crippen molar-refractivity contribution < 1.29 is 5.11 Å². The van der Waals surface area contributed by atoms with Crippen LogP contribution >= 0.6 is 15.9 Å². The van der Waals surface area contributed by atoms with Crippen molar-refractivity contribution in [2.75, 3.05) is 0 Å². The standard InChI is InChI=1S/C10H13BrO/c1-6-5-10(11)7(2)4-9(6)8(3)12/h4-5,8,12H,1-3H3/t8-/m1/s1. The Balaban J connectivity index is 3.23. The number of aryl methyl sites for hydroxylation is 2. The fraction of sp³-hybridized carbons (Fsp3) is 0.400. The van der Waals surface area contributed by atoms with E-state index in [1.54, 1.807) is 6.92 Å². The van der Waals surface area contributed by atoms with Crippen LogP contribution in [0.4, 0.5) is 0 Å². The van der Waals surface area contributed by atoms with E-state index in [0.717, 1.165) is 21.2 Å². The molecule has 66 valence electrons. The molecule has 0 unspecified atom stereocenters. The molecule has 1 rings (SSSR count). The van der Waals surface area contributed by atoms with Crippen LogP contribution in [0.1, 0.15) is 29.7 Å². The minimum atomic E-state index is -0.378. The van der Waals surface area contributed by atoms with Gasteiger partial charge in [-0.1, -0.05) is 22.0 Å². The van der Waals surface area contributed by atoms with Gasteiger partial charge in [-0.05, 0) is 43.5 Å². The lowest BCUT2D eigenvalue weighted by Crippen LogP contribution is -1.95. The van der Waals surface area contributed by atoms with Crippen LogP contribution in [0.2, 0.25) is 0 Å². The first-order valence-corrected chi connectivity index (χ1v) is 4.76. The molecule has 0 radical (unpaired) electrons. The first-order chi connectivity index (χ1) is 5.52. The molecule has 0 heterocycles. The minimum absolute atomic E-state index is 0.378. The molecular formula is C10H13BrO. The Morgan fingerprint density at radius 2 is 1.83 bits per heavy atom. The second-order valence-electron chi connectivity index (χ2n) is 3.13. The van der Waals surface area contributed by atoms with Gasteiger partial charge in [0.05, 0.1) is 6.10 Å². The normalized spacial score (nSPS) is 13.1. The van der Waals surface area contributed by atoms with E-state index in [4.69, 9.17) is 0 Å². The molecule has 0 spiro atoms. The van der Waals surface area contributed by atoms with Crippen molar-refractivity contribution in [2.24, 2.45) is 0 Å². The SMILES string of the molecule is Cc1cc([C@@H](C)O)c(C)cc1Br. The largest absolute Gasteiger partial charge is 0.389 e. The zero-order valence-electron chi connectivity index (χ0n) is 7.56. The maximum atomic E-state index is 9.40. The second-order valence-corrected chi connectivity index (χ2v) is 3.99. The summed E-state index contributed by atoms with van der Waals surface area (Å²) < 4.78 is 1.10. The van der Waals surface area contributed by atoms with Crippen LogP contribution in [0.3, 0.4) is 0 Å². The number of rotatable bonds is 1. The van der Waals surface area contributed by atoms with Gasteiger partial charge in [-0.3, -0.25) is 0 Å². The average Bonchev–Trinajstić information content (AvgIpc) is 1.96. The van der Waals surface area contributed by atoms with Crippen LogP contribution in [-0.2, 0) is 0 Å². The molecule has 0 aliphatic carbocycles. The van der Waals surface area contributed by atoms with Gasteiger partial charge in [0.1, 0.15) is 0 Å². The molecule has 0 aliphatic heterocycles. The zero-order valence-corrected chi connectivity index (χ0v) is 9.14. The van der Waals surface area contributed by atoms with Crippen LogP contribution in [-0.4, -0.2) is 5.11 Å². The van der Waals surface area contributed by atoms with Crippen molar-refractivity contribution in [2.45, 2.75) is 26.9 Å². The number of benzene rings is 1. The van der Waals surface area contributed by atoms with Crippen molar-refractivity contribution in [3.8, 4) is 0 Å². The molecule has 1 aromatic rings. The summed E-state index contributed by atoms with van der Waals surface area (Å²) in [5.41, 5.74) is 3.30. The number of aliphatic hydroxyl groups is 1. The molecule has 12 heavy (non-hydrogen) atoms. The predicted octanol–water partition coefficient (Wildman–Crippen LogP) is 3.12. The third kappa shape index (κ3) is 1.87. The van der Waals surface area contributed by atoms with Crippen molar-refractivity contribution >= 4 is 15.9 Å². The molecule has 0 amide bonds. The zero-order chi connectivity index (χ0) is 9.30. The van der Waals surface area contributed by atoms with Crippen molar-refractivity contribution in [1.29, 1.82) is 0 Å². The van der Waals surface area contributed by atoms with E-state index in [-0.39, 0.29) is 6.10 Å². The third-order valence-electron chi connectivity index (χ3n) is 2.00. The Labute approximate surface area is 81.6 Å². The maximum Gasteiger partial charge on any atom is 0.0764 e. The molecule has 0 saturated heterocycles. The summed E-state index contributed by atoms with van der Waals surface area (Å²) in [6.07, 6.45) is -0.378. The van der Waals surface area contributed by atoms with Crippen LogP contribution in [0.25, 0.3) is 0 Å². The number of aliphatic hydroxyl groups excluding tert-OH is 1. The number of halogens is 1. The average molecular weight is 229 g/mol. The highest BCUT2D eigenvalue weighted by Crippen LogP contribution is 2.24. The Hall–Kier alpha value is -0.340. The van der Waals surface area contributed by atoms with Gasteiger partial charge in [-0.2, -0.15) is 0 Å².